The molecule has 1 aromatic carbocycles. The predicted octanol–water partition coefficient (Wildman–Crippen LogP) is 1.77. The number of fused-ring (bicyclic) bond motifs is 1. The van der Waals surface area contributed by atoms with E-state index in [-0.39, 0.29) is 23.1 Å². The van der Waals surface area contributed by atoms with Crippen molar-refractivity contribution in [3.8, 4) is 5.75 Å². The van der Waals surface area contributed by atoms with Crippen molar-refractivity contribution in [2.45, 2.75) is 12.5 Å². The minimum atomic E-state index is -0.380. The predicted molar refractivity (Wildman–Crippen MR) is 100 cm³/mol. The Bertz CT molecular complexity index is 1010. The van der Waals surface area contributed by atoms with Crippen LogP contribution < -0.4 is 20.5 Å². The monoisotopic (exact) mass is 370 g/mol. The van der Waals surface area contributed by atoms with Gasteiger partial charge in [-0.1, -0.05) is 12.1 Å². The van der Waals surface area contributed by atoms with Crippen molar-refractivity contribution in [1.29, 1.82) is 0 Å². The van der Waals surface area contributed by atoms with Crippen LogP contribution in [0.15, 0.2) is 46.8 Å². The van der Waals surface area contributed by atoms with E-state index < -0.39 is 0 Å². The number of hydrogen-bond acceptors (Lipinski definition) is 6. The molecule has 0 saturated carbocycles. The van der Waals surface area contributed by atoms with Gasteiger partial charge in [0.25, 0.3) is 11.5 Å². The van der Waals surface area contributed by atoms with Crippen LogP contribution in [0.2, 0.25) is 0 Å². The van der Waals surface area contributed by atoms with Gasteiger partial charge in [0.15, 0.2) is 4.96 Å². The lowest BCUT2D eigenvalue weighted by Crippen LogP contribution is -2.39. The molecule has 0 bridgehead atoms. The number of amides is 1. The highest BCUT2D eigenvalue weighted by molar-refractivity contribution is 7.15. The normalized spacial score (nSPS) is 16.8. The zero-order valence-electron chi connectivity index (χ0n) is 14.2. The van der Waals surface area contributed by atoms with Gasteiger partial charge in [-0.15, -0.1) is 11.3 Å². The Balaban J connectivity index is 1.49. The van der Waals surface area contributed by atoms with Gasteiger partial charge in [-0.25, -0.2) is 4.98 Å². The maximum atomic E-state index is 12.5. The van der Waals surface area contributed by atoms with Gasteiger partial charge in [-0.3, -0.25) is 14.0 Å². The molecule has 0 aliphatic carbocycles. The van der Waals surface area contributed by atoms with Crippen LogP contribution in [0, 0.1) is 0 Å². The Morgan fingerprint density at radius 2 is 2.23 bits per heavy atom. The number of aromatic nitrogens is 2. The fraction of sp³-hybridized carbons (Fsp3) is 0.278. The first kappa shape index (κ1) is 16.6. The SMILES string of the molecule is COc1ccccc1N1CCC(NC(=O)c2cnc3sccn3c2=O)C1. The molecule has 4 rings (SSSR count). The number of carbonyl (C=O) groups is 1. The highest BCUT2D eigenvalue weighted by Crippen LogP contribution is 2.30. The zero-order valence-corrected chi connectivity index (χ0v) is 15.0. The first-order chi connectivity index (χ1) is 12.7. The van der Waals surface area contributed by atoms with Gasteiger partial charge in [-0.05, 0) is 18.6 Å². The molecule has 0 spiro atoms. The van der Waals surface area contributed by atoms with Gasteiger partial charge in [-0.2, -0.15) is 0 Å². The van der Waals surface area contributed by atoms with E-state index in [0.29, 0.717) is 11.5 Å². The van der Waals surface area contributed by atoms with Gasteiger partial charge in [0.1, 0.15) is 11.3 Å². The second kappa shape index (κ2) is 6.80. The van der Waals surface area contributed by atoms with Crippen molar-refractivity contribution in [3.05, 3.63) is 58.0 Å². The molecule has 1 fully saturated rings. The van der Waals surface area contributed by atoms with Crippen molar-refractivity contribution in [1.82, 2.24) is 14.7 Å². The summed E-state index contributed by atoms with van der Waals surface area (Å²) in [6.45, 7) is 1.48. The van der Waals surface area contributed by atoms with E-state index >= 15 is 0 Å². The molecule has 2 aromatic heterocycles. The molecule has 3 aromatic rings. The highest BCUT2D eigenvalue weighted by Gasteiger charge is 2.27. The number of carbonyl (C=O) groups excluding carboxylic acids is 1. The molecule has 1 aliphatic rings. The topological polar surface area (TPSA) is 75.9 Å². The first-order valence-electron chi connectivity index (χ1n) is 8.31. The fourth-order valence-electron chi connectivity index (χ4n) is 3.23. The summed E-state index contributed by atoms with van der Waals surface area (Å²) >= 11 is 1.36. The standard InChI is InChI=1S/C18H18N4O3S/c1-25-15-5-3-2-4-14(15)21-7-6-12(11-21)20-16(23)13-10-19-18-22(17(13)24)8-9-26-18/h2-5,8-10,12H,6-7,11H2,1H3,(H,20,23). The number of nitrogens with zero attached hydrogens (tertiary/aromatic N) is 3. The van der Waals surface area contributed by atoms with Crippen molar-refractivity contribution in [3.63, 3.8) is 0 Å². The van der Waals surface area contributed by atoms with Crippen molar-refractivity contribution in [2.75, 3.05) is 25.1 Å². The molecule has 3 heterocycles. The third-order valence-corrected chi connectivity index (χ3v) is 5.31. The summed E-state index contributed by atoms with van der Waals surface area (Å²) in [5.74, 6) is 0.430. The average Bonchev–Trinajstić information content (AvgIpc) is 3.31. The summed E-state index contributed by atoms with van der Waals surface area (Å²) in [6, 6.07) is 7.79. The summed E-state index contributed by atoms with van der Waals surface area (Å²) in [7, 11) is 1.65. The average molecular weight is 370 g/mol. The number of hydrogen-bond donors (Lipinski definition) is 1. The van der Waals surface area contributed by atoms with Crippen molar-refractivity contribution < 1.29 is 9.53 Å². The summed E-state index contributed by atoms with van der Waals surface area (Å²) < 4.78 is 6.81. The molecular formula is C18H18N4O3S. The van der Waals surface area contributed by atoms with Gasteiger partial charge < -0.3 is 15.0 Å². The number of anilines is 1. The molecule has 1 unspecified atom stereocenters. The smallest absolute Gasteiger partial charge is 0.271 e. The Hall–Kier alpha value is -2.87. The van der Waals surface area contributed by atoms with Gasteiger partial charge in [0.2, 0.25) is 0 Å². The third-order valence-electron chi connectivity index (χ3n) is 4.54. The summed E-state index contributed by atoms with van der Waals surface area (Å²) in [5.41, 5.74) is 0.734. The number of methoxy groups -OCH3 is 1. The second-order valence-electron chi connectivity index (χ2n) is 6.11. The quantitative estimate of drug-likeness (QED) is 0.758. The molecule has 1 amide bonds. The van der Waals surface area contributed by atoms with Crippen LogP contribution in [-0.4, -0.2) is 41.5 Å². The van der Waals surface area contributed by atoms with Crippen LogP contribution in [0.1, 0.15) is 16.8 Å². The van der Waals surface area contributed by atoms with Crippen molar-refractivity contribution in [2.24, 2.45) is 0 Å². The Morgan fingerprint density at radius 1 is 1.38 bits per heavy atom. The van der Waals surface area contributed by atoms with E-state index in [2.05, 4.69) is 15.2 Å². The molecule has 1 N–H and O–H groups in total. The van der Waals surface area contributed by atoms with Crippen LogP contribution in [0.3, 0.4) is 0 Å². The van der Waals surface area contributed by atoms with E-state index in [4.69, 9.17) is 4.74 Å². The van der Waals surface area contributed by atoms with Gasteiger partial charge >= 0.3 is 0 Å². The van der Waals surface area contributed by atoms with E-state index in [1.165, 1.54) is 21.9 Å². The molecule has 134 valence electrons. The summed E-state index contributed by atoms with van der Waals surface area (Å²) in [5, 5.41) is 4.73. The summed E-state index contributed by atoms with van der Waals surface area (Å²) in [6.07, 6.45) is 3.79. The highest BCUT2D eigenvalue weighted by atomic mass is 32.1. The lowest BCUT2D eigenvalue weighted by molar-refractivity contribution is 0.0938. The zero-order chi connectivity index (χ0) is 18.1. The molecular weight excluding hydrogens is 352 g/mol. The number of ether oxygens (including phenoxy) is 1. The van der Waals surface area contributed by atoms with E-state index in [9.17, 15) is 9.59 Å². The lowest BCUT2D eigenvalue weighted by atomic mass is 10.2. The maximum Gasteiger partial charge on any atom is 0.271 e. The number of nitrogens with one attached hydrogen (secondary N) is 1. The van der Waals surface area contributed by atoms with E-state index in [0.717, 1.165) is 24.4 Å². The van der Waals surface area contributed by atoms with Gasteiger partial charge in [0, 0.05) is 36.9 Å². The van der Waals surface area contributed by atoms with Crippen LogP contribution in [-0.2, 0) is 0 Å². The van der Waals surface area contributed by atoms with E-state index in [1.54, 1.807) is 18.7 Å². The minimum Gasteiger partial charge on any atom is -0.495 e. The van der Waals surface area contributed by atoms with Crippen molar-refractivity contribution >= 4 is 27.9 Å². The Labute approximate surface area is 153 Å². The molecule has 7 nitrogen and oxygen atoms in total. The lowest BCUT2D eigenvalue weighted by Gasteiger charge is -2.21. The molecule has 0 radical (unpaired) electrons. The second-order valence-corrected chi connectivity index (χ2v) is 6.98. The van der Waals surface area contributed by atoms with Crippen LogP contribution in [0.25, 0.3) is 4.96 Å². The minimum absolute atomic E-state index is 0.0324. The number of rotatable bonds is 4. The molecule has 1 atom stereocenters. The maximum absolute atomic E-state index is 12.5. The van der Waals surface area contributed by atoms with Gasteiger partial charge in [0.05, 0.1) is 12.8 Å². The first-order valence-corrected chi connectivity index (χ1v) is 9.19. The molecule has 8 heteroatoms. The molecule has 1 saturated heterocycles. The van der Waals surface area contributed by atoms with Crippen LogP contribution in [0.4, 0.5) is 5.69 Å². The largest absolute Gasteiger partial charge is 0.495 e. The van der Waals surface area contributed by atoms with E-state index in [1.807, 2.05) is 24.3 Å². The van der Waals surface area contributed by atoms with Crippen LogP contribution in [0.5, 0.6) is 5.75 Å². The van der Waals surface area contributed by atoms with Crippen LogP contribution >= 0.6 is 11.3 Å². The molecule has 1 aliphatic heterocycles. The number of thiazole rings is 1. The fourth-order valence-corrected chi connectivity index (χ4v) is 3.91. The Kier molecular flexibility index (Phi) is 4.34. The third kappa shape index (κ3) is 2.92. The number of benzene rings is 1. The molecule has 26 heavy (non-hydrogen) atoms. The summed E-state index contributed by atoms with van der Waals surface area (Å²) in [4.78, 5) is 31.9. The number of para-hydroxylation sites is 2. The Morgan fingerprint density at radius 3 is 3.08 bits per heavy atom.